The van der Waals surface area contributed by atoms with E-state index in [9.17, 15) is 13.2 Å². The van der Waals surface area contributed by atoms with E-state index in [0.717, 1.165) is 25.2 Å². The minimum Gasteiger partial charge on any atom is -0.497 e. The van der Waals surface area contributed by atoms with Crippen LogP contribution in [0.4, 0.5) is 17.6 Å². The Bertz CT molecular complexity index is 1040. The highest BCUT2D eigenvalue weighted by Gasteiger charge is 2.31. The molecule has 1 atom stereocenters. The number of benzene rings is 2. The first kappa shape index (κ1) is 24.6. The molecule has 34 heavy (non-hydrogen) atoms. The normalized spacial score (nSPS) is 22.8. The Hall–Kier alpha value is -2.50. The van der Waals surface area contributed by atoms with Gasteiger partial charge in [-0.15, -0.1) is 0 Å². The summed E-state index contributed by atoms with van der Waals surface area (Å²) in [5.41, 5.74) is -0.00774. The van der Waals surface area contributed by atoms with Gasteiger partial charge in [-0.3, -0.25) is 0 Å². The standard InChI is InChI=1S/C28H32F4O2/c1-3-5-17-6-8-18(9-7-17)23-14-10-19(16-34-23)20-11-12-21(26(30)25(20)29)22-13-15-24(33-4-2)28(32)27(22)31/h11-13,15-18,23H,3-10,14H2,1-2H3. The van der Waals surface area contributed by atoms with Gasteiger partial charge < -0.3 is 9.47 Å². The van der Waals surface area contributed by atoms with Crippen LogP contribution >= 0.6 is 0 Å². The van der Waals surface area contributed by atoms with Gasteiger partial charge in [-0.2, -0.15) is 4.39 Å². The molecule has 184 valence electrons. The van der Waals surface area contributed by atoms with Crippen LogP contribution in [0.3, 0.4) is 0 Å². The van der Waals surface area contributed by atoms with Gasteiger partial charge in [-0.25, -0.2) is 13.2 Å². The van der Waals surface area contributed by atoms with Crippen molar-refractivity contribution in [3.05, 3.63) is 59.4 Å². The Kier molecular flexibility index (Phi) is 7.84. The van der Waals surface area contributed by atoms with E-state index in [1.807, 2.05) is 0 Å². The van der Waals surface area contributed by atoms with E-state index in [-0.39, 0.29) is 35.2 Å². The van der Waals surface area contributed by atoms with Crippen LogP contribution in [0, 0.1) is 35.1 Å². The van der Waals surface area contributed by atoms with Crippen LogP contribution in [0.15, 0.2) is 30.5 Å². The number of hydrogen-bond acceptors (Lipinski definition) is 2. The second-order valence-corrected chi connectivity index (χ2v) is 9.39. The van der Waals surface area contributed by atoms with Gasteiger partial charge in [-0.05, 0) is 62.1 Å². The molecule has 1 saturated carbocycles. The van der Waals surface area contributed by atoms with Gasteiger partial charge in [0.1, 0.15) is 6.10 Å². The van der Waals surface area contributed by atoms with Crippen LogP contribution < -0.4 is 4.74 Å². The maximum absolute atomic E-state index is 15.0. The van der Waals surface area contributed by atoms with E-state index in [1.54, 1.807) is 13.2 Å². The van der Waals surface area contributed by atoms with Crippen molar-refractivity contribution in [1.29, 1.82) is 0 Å². The molecular weight excluding hydrogens is 444 g/mol. The van der Waals surface area contributed by atoms with Crippen molar-refractivity contribution in [2.45, 2.75) is 71.3 Å². The Morgan fingerprint density at radius 1 is 0.794 bits per heavy atom. The highest BCUT2D eigenvalue weighted by Crippen LogP contribution is 2.40. The van der Waals surface area contributed by atoms with Crippen LogP contribution in [-0.4, -0.2) is 12.7 Å². The average Bonchev–Trinajstić information content (AvgIpc) is 2.85. The average molecular weight is 477 g/mol. The molecule has 4 rings (SSSR count). The molecule has 0 spiro atoms. The lowest BCUT2D eigenvalue weighted by Gasteiger charge is -2.35. The third kappa shape index (κ3) is 4.96. The molecule has 1 fully saturated rings. The smallest absolute Gasteiger partial charge is 0.201 e. The minimum absolute atomic E-state index is 0.0955. The zero-order chi connectivity index (χ0) is 24.2. The van der Waals surface area contributed by atoms with Crippen molar-refractivity contribution in [1.82, 2.24) is 0 Å². The third-order valence-electron chi connectivity index (χ3n) is 7.26. The molecule has 0 radical (unpaired) electrons. The van der Waals surface area contributed by atoms with Crippen molar-refractivity contribution in [3.8, 4) is 16.9 Å². The summed E-state index contributed by atoms with van der Waals surface area (Å²) in [7, 11) is 0. The Morgan fingerprint density at radius 3 is 2.03 bits per heavy atom. The van der Waals surface area contributed by atoms with E-state index >= 15 is 4.39 Å². The lowest BCUT2D eigenvalue weighted by molar-refractivity contribution is 0.0446. The van der Waals surface area contributed by atoms with Gasteiger partial charge >= 0.3 is 0 Å². The molecule has 0 amide bonds. The van der Waals surface area contributed by atoms with Crippen molar-refractivity contribution >= 4 is 5.57 Å². The molecule has 0 aromatic heterocycles. The monoisotopic (exact) mass is 476 g/mol. The Balaban J connectivity index is 1.50. The molecule has 2 aromatic rings. The topological polar surface area (TPSA) is 18.5 Å². The summed E-state index contributed by atoms with van der Waals surface area (Å²) in [4.78, 5) is 0. The van der Waals surface area contributed by atoms with E-state index in [4.69, 9.17) is 9.47 Å². The van der Waals surface area contributed by atoms with Crippen molar-refractivity contribution in [2.75, 3.05) is 6.61 Å². The molecule has 0 bridgehead atoms. The predicted molar refractivity (Wildman–Crippen MR) is 125 cm³/mol. The maximum Gasteiger partial charge on any atom is 0.201 e. The predicted octanol–water partition coefficient (Wildman–Crippen LogP) is 8.44. The third-order valence-corrected chi connectivity index (χ3v) is 7.26. The second kappa shape index (κ2) is 10.8. The van der Waals surface area contributed by atoms with Crippen LogP contribution in [-0.2, 0) is 4.74 Å². The maximum atomic E-state index is 15.0. The van der Waals surface area contributed by atoms with Crippen LogP contribution in [0.25, 0.3) is 16.7 Å². The first-order valence-corrected chi connectivity index (χ1v) is 12.4. The molecule has 1 aliphatic carbocycles. The Morgan fingerprint density at radius 2 is 1.41 bits per heavy atom. The fourth-order valence-corrected chi connectivity index (χ4v) is 5.41. The zero-order valence-corrected chi connectivity index (χ0v) is 19.8. The lowest BCUT2D eigenvalue weighted by Crippen LogP contribution is -2.29. The van der Waals surface area contributed by atoms with E-state index < -0.39 is 23.3 Å². The Labute approximate surface area is 199 Å². The summed E-state index contributed by atoms with van der Waals surface area (Å²) in [6, 6.07) is 5.11. The molecule has 1 aliphatic heterocycles. The summed E-state index contributed by atoms with van der Waals surface area (Å²) in [6.07, 6.45) is 10.3. The zero-order valence-electron chi connectivity index (χ0n) is 19.8. The lowest BCUT2D eigenvalue weighted by atomic mass is 9.76. The second-order valence-electron chi connectivity index (χ2n) is 9.39. The van der Waals surface area contributed by atoms with Gasteiger partial charge in [0.05, 0.1) is 12.9 Å². The summed E-state index contributed by atoms with van der Waals surface area (Å²) >= 11 is 0. The minimum atomic E-state index is -1.27. The number of hydrogen-bond donors (Lipinski definition) is 0. The van der Waals surface area contributed by atoms with Crippen LogP contribution in [0.1, 0.15) is 70.8 Å². The highest BCUT2D eigenvalue weighted by molar-refractivity contribution is 5.72. The summed E-state index contributed by atoms with van der Waals surface area (Å²) in [6.45, 7) is 4.03. The van der Waals surface area contributed by atoms with Crippen LogP contribution in [0.5, 0.6) is 5.75 Å². The molecule has 2 aliphatic rings. The number of halogens is 4. The van der Waals surface area contributed by atoms with E-state index in [0.29, 0.717) is 17.9 Å². The van der Waals surface area contributed by atoms with E-state index in [1.165, 1.54) is 49.9 Å². The quantitative estimate of drug-likeness (QED) is 0.373. The van der Waals surface area contributed by atoms with Gasteiger partial charge in [0.25, 0.3) is 0 Å². The summed E-state index contributed by atoms with van der Waals surface area (Å²) < 4.78 is 69.8. The fraction of sp³-hybridized carbons (Fsp3) is 0.500. The SMILES string of the molecule is CCCC1CCC(C2CCC(c3ccc(-c4ccc(OCC)c(F)c4F)c(F)c3F)=CO2)CC1. The molecule has 2 aromatic carbocycles. The fourth-order valence-electron chi connectivity index (χ4n) is 5.41. The molecule has 0 N–H and O–H groups in total. The molecule has 6 heteroatoms. The molecular formula is C28H32F4O2. The van der Waals surface area contributed by atoms with Gasteiger partial charge in [0.2, 0.25) is 5.82 Å². The highest BCUT2D eigenvalue weighted by atomic mass is 19.2. The number of ether oxygens (including phenoxy) is 2. The largest absolute Gasteiger partial charge is 0.497 e. The molecule has 0 saturated heterocycles. The van der Waals surface area contributed by atoms with E-state index in [2.05, 4.69) is 6.92 Å². The van der Waals surface area contributed by atoms with Gasteiger partial charge in [-0.1, -0.05) is 44.7 Å². The van der Waals surface area contributed by atoms with Gasteiger partial charge in [0, 0.05) is 16.7 Å². The molecule has 1 unspecified atom stereocenters. The number of allylic oxidation sites excluding steroid dienone is 1. The van der Waals surface area contributed by atoms with Crippen molar-refractivity contribution in [3.63, 3.8) is 0 Å². The van der Waals surface area contributed by atoms with Gasteiger partial charge in [0.15, 0.2) is 23.2 Å². The molecule has 1 heterocycles. The summed E-state index contributed by atoms with van der Waals surface area (Å²) in [5, 5.41) is 0. The molecule has 2 nitrogen and oxygen atoms in total. The van der Waals surface area contributed by atoms with Crippen molar-refractivity contribution < 1.29 is 27.0 Å². The first-order valence-electron chi connectivity index (χ1n) is 12.4. The number of rotatable bonds is 7. The summed E-state index contributed by atoms with van der Waals surface area (Å²) in [5.74, 6) is -3.72. The van der Waals surface area contributed by atoms with Crippen molar-refractivity contribution in [2.24, 2.45) is 11.8 Å². The van der Waals surface area contributed by atoms with Crippen LogP contribution in [0.2, 0.25) is 0 Å². The first-order chi connectivity index (χ1) is 16.4.